The number of hydrogen-bond acceptors (Lipinski definition) is 4. The Bertz CT molecular complexity index is 322. The molecule has 1 saturated carbocycles. The summed E-state index contributed by atoms with van der Waals surface area (Å²) >= 11 is 0. The van der Waals surface area contributed by atoms with Crippen LogP contribution in [0.3, 0.4) is 0 Å². The van der Waals surface area contributed by atoms with Crippen LogP contribution in [0.25, 0.3) is 0 Å². The minimum absolute atomic E-state index is 0. The predicted octanol–water partition coefficient (Wildman–Crippen LogP) is 2.28. The fraction of sp³-hybridized carbons (Fsp3) is 0.941. The number of rotatable bonds is 7. The van der Waals surface area contributed by atoms with E-state index in [2.05, 4.69) is 10.6 Å². The Hall–Kier alpha value is -0.360. The normalized spacial score (nSPS) is 22.0. The van der Waals surface area contributed by atoms with E-state index in [-0.39, 0.29) is 23.7 Å². The van der Waals surface area contributed by atoms with Crippen molar-refractivity contribution in [2.24, 2.45) is 5.41 Å². The first-order chi connectivity index (χ1) is 10.8. The Morgan fingerprint density at radius 1 is 1.17 bits per heavy atom. The van der Waals surface area contributed by atoms with E-state index < -0.39 is 0 Å². The van der Waals surface area contributed by atoms with Crippen LogP contribution in [0.1, 0.15) is 51.4 Å². The van der Waals surface area contributed by atoms with Crippen molar-refractivity contribution in [3.8, 4) is 0 Å². The Morgan fingerprint density at radius 3 is 2.43 bits per heavy atom. The van der Waals surface area contributed by atoms with E-state index in [9.17, 15) is 4.79 Å². The molecule has 6 heteroatoms. The third kappa shape index (κ3) is 6.57. The molecule has 1 aliphatic carbocycles. The molecule has 1 saturated heterocycles. The number of halogens is 1. The van der Waals surface area contributed by atoms with Gasteiger partial charge in [-0.3, -0.25) is 4.79 Å². The molecule has 23 heavy (non-hydrogen) atoms. The minimum atomic E-state index is -0.359. The summed E-state index contributed by atoms with van der Waals surface area (Å²) in [6.45, 7) is 3.50. The van der Waals surface area contributed by atoms with Crippen LogP contribution < -0.4 is 10.6 Å². The molecular weight excluding hydrogens is 316 g/mol. The summed E-state index contributed by atoms with van der Waals surface area (Å²) < 4.78 is 11.2. The van der Waals surface area contributed by atoms with Crippen molar-refractivity contribution in [2.75, 3.05) is 40.0 Å². The van der Waals surface area contributed by atoms with E-state index in [0.717, 1.165) is 25.9 Å². The maximum absolute atomic E-state index is 12.5. The fourth-order valence-corrected chi connectivity index (χ4v) is 3.60. The van der Waals surface area contributed by atoms with Gasteiger partial charge >= 0.3 is 0 Å². The smallest absolute Gasteiger partial charge is 0.228 e. The van der Waals surface area contributed by atoms with Gasteiger partial charge in [-0.25, -0.2) is 0 Å². The number of piperidine rings is 1. The van der Waals surface area contributed by atoms with Crippen molar-refractivity contribution in [1.29, 1.82) is 0 Å². The van der Waals surface area contributed by atoms with Crippen LogP contribution in [0.2, 0.25) is 0 Å². The standard InChI is InChI=1S/C17H32N2O3.ClH/c1-21-14-17(8-10-18-11-9-17)16(20)19-12-13-22-15-6-4-2-3-5-7-15;/h15,18H,2-14H2,1H3,(H,19,20);1H. The lowest BCUT2D eigenvalue weighted by molar-refractivity contribution is -0.136. The molecule has 0 atom stereocenters. The lowest BCUT2D eigenvalue weighted by Crippen LogP contribution is -2.50. The van der Waals surface area contributed by atoms with Crippen LogP contribution in [0.15, 0.2) is 0 Å². The van der Waals surface area contributed by atoms with Gasteiger partial charge in [0.1, 0.15) is 0 Å². The molecule has 0 spiro atoms. The molecule has 0 radical (unpaired) electrons. The summed E-state index contributed by atoms with van der Waals surface area (Å²) in [6.07, 6.45) is 9.66. The Morgan fingerprint density at radius 2 is 1.83 bits per heavy atom. The largest absolute Gasteiger partial charge is 0.384 e. The summed E-state index contributed by atoms with van der Waals surface area (Å²) in [7, 11) is 1.67. The van der Waals surface area contributed by atoms with Crippen LogP contribution in [0.5, 0.6) is 0 Å². The van der Waals surface area contributed by atoms with E-state index >= 15 is 0 Å². The zero-order valence-electron chi connectivity index (χ0n) is 14.4. The molecule has 0 bridgehead atoms. The zero-order chi connectivity index (χ0) is 15.7. The van der Waals surface area contributed by atoms with Gasteiger partial charge in [0, 0.05) is 13.7 Å². The first-order valence-corrected chi connectivity index (χ1v) is 8.86. The Kier molecular flexibility index (Phi) is 10.1. The number of carbonyl (C=O) groups is 1. The van der Waals surface area contributed by atoms with Gasteiger partial charge in [-0.1, -0.05) is 25.7 Å². The lowest BCUT2D eigenvalue weighted by atomic mass is 9.78. The first kappa shape index (κ1) is 20.7. The van der Waals surface area contributed by atoms with E-state index in [1.54, 1.807) is 7.11 Å². The summed E-state index contributed by atoms with van der Waals surface area (Å²) in [6, 6.07) is 0. The Balaban J connectivity index is 0.00000264. The van der Waals surface area contributed by atoms with Crippen molar-refractivity contribution in [3.05, 3.63) is 0 Å². The van der Waals surface area contributed by atoms with Gasteiger partial charge in [-0.05, 0) is 38.8 Å². The molecule has 2 aliphatic rings. The average Bonchev–Trinajstić information content (AvgIpc) is 2.81. The van der Waals surface area contributed by atoms with Crippen LogP contribution in [-0.4, -0.2) is 52.0 Å². The summed E-state index contributed by atoms with van der Waals surface area (Å²) in [5, 5.41) is 6.37. The van der Waals surface area contributed by atoms with Gasteiger partial charge in [0.15, 0.2) is 0 Å². The number of methoxy groups -OCH3 is 1. The van der Waals surface area contributed by atoms with Crippen molar-refractivity contribution in [2.45, 2.75) is 57.5 Å². The molecule has 0 aromatic heterocycles. The second kappa shape index (κ2) is 11.2. The van der Waals surface area contributed by atoms with Gasteiger partial charge in [0.25, 0.3) is 0 Å². The van der Waals surface area contributed by atoms with Crippen molar-refractivity contribution in [1.82, 2.24) is 10.6 Å². The highest BCUT2D eigenvalue weighted by atomic mass is 35.5. The Labute approximate surface area is 146 Å². The van der Waals surface area contributed by atoms with Crippen LogP contribution in [-0.2, 0) is 14.3 Å². The summed E-state index contributed by atoms with van der Waals surface area (Å²) in [4.78, 5) is 12.5. The molecule has 2 fully saturated rings. The second-order valence-corrected chi connectivity index (χ2v) is 6.70. The summed E-state index contributed by atoms with van der Waals surface area (Å²) in [5.41, 5.74) is -0.359. The number of hydrogen-bond donors (Lipinski definition) is 2. The average molecular weight is 349 g/mol. The third-order valence-electron chi connectivity index (χ3n) is 5.01. The molecule has 1 heterocycles. The second-order valence-electron chi connectivity index (χ2n) is 6.70. The van der Waals surface area contributed by atoms with Gasteiger partial charge in [0.05, 0.1) is 24.7 Å². The minimum Gasteiger partial charge on any atom is -0.384 e. The highest BCUT2D eigenvalue weighted by Crippen LogP contribution is 2.29. The van der Waals surface area contributed by atoms with Crippen molar-refractivity contribution >= 4 is 18.3 Å². The molecule has 2 N–H and O–H groups in total. The number of amides is 1. The SMILES string of the molecule is COCC1(C(=O)NCCOC2CCCCCC2)CCNCC1.Cl. The summed E-state index contributed by atoms with van der Waals surface area (Å²) in [5.74, 6) is 0.125. The molecule has 136 valence electrons. The number of ether oxygens (including phenoxy) is 2. The maximum atomic E-state index is 12.5. The van der Waals surface area contributed by atoms with Crippen LogP contribution in [0, 0.1) is 5.41 Å². The molecule has 1 amide bonds. The first-order valence-electron chi connectivity index (χ1n) is 8.86. The third-order valence-corrected chi connectivity index (χ3v) is 5.01. The van der Waals surface area contributed by atoms with E-state index in [1.807, 2.05) is 0 Å². The van der Waals surface area contributed by atoms with Gasteiger partial charge < -0.3 is 20.1 Å². The molecule has 0 aromatic rings. The van der Waals surface area contributed by atoms with Gasteiger partial charge in [-0.2, -0.15) is 0 Å². The lowest BCUT2D eigenvalue weighted by Gasteiger charge is -2.35. The van der Waals surface area contributed by atoms with Gasteiger partial charge in [-0.15, -0.1) is 12.4 Å². The maximum Gasteiger partial charge on any atom is 0.228 e. The van der Waals surface area contributed by atoms with E-state index in [4.69, 9.17) is 9.47 Å². The highest BCUT2D eigenvalue weighted by molar-refractivity contribution is 5.85. The quantitative estimate of drug-likeness (QED) is 0.547. The molecule has 1 aliphatic heterocycles. The van der Waals surface area contributed by atoms with Crippen molar-refractivity contribution < 1.29 is 14.3 Å². The number of nitrogens with one attached hydrogen (secondary N) is 2. The fourth-order valence-electron chi connectivity index (χ4n) is 3.60. The molecule has 0 aromatic carbocycles. The van der Waals surface area contributed by atoms with Gasteiger partial charge in [0.2, 0.25) is 5.91 Å². The molecular formula is C17H33ClN2O3. The molecule has 2 rings (SSSR count). The van der Waals surface area contributed by atoms with Crippen molar-refractivity contribution in [3.63, 3.8) is 0 Å². The topological polar surface area (TPSA) is 59.6 Å². The van der Waals surface area contributed by atoms with E-state index in [1.165, 1.54) is 38.5 Å². The highest BCUT2D eigenvalue weighted by Gasteiger charge is 2.39. The van der Waals surface area contributed by atoms with Crippen LogP contribution in [0.4, 0.5) is 0 Å². The molecule has 0 unspecified atom stereocenters. The molecule has 5 nitrogen and oxygen atoms in total. The monoisotopic (exact) mass is 348 g/mol. The van der Waals surface area contributed by atoms with E-state index in [0.29, 0.717) is 25.9 Å². The number of carbonyl (C=O) groups excluding carboxylic acids is 1. The predicted molar refractivity (Wildman–Crippen MR) is 94.1 cm³/mol. The zero-order valence-corrected chi connectivity index (χ0v) is 15.2. The van der Waals surface area contributed by atoms with Crippen LogP contribution >= 0.6 is 12.4 Å².